The molecule has 0 radical (unpaired) electrons. The average molecular weight is 262 g/mol. The van der Waals surface area contributed by atoms with Crippen LogP contribution in [0.1, 0.15) is 46.0 Å². The van der Waals surface area contributed by atoms with Gasteiger partial charge in [0, 0.05) is 0 Å². The van der Waals surface area contributed by atoms with Crippen LogP contribution in [-0.2, 0) is 4.79 Å². The summed E-state index contributed by atoms with van der Waals surface area (Å²) in [4.78, 5) is 12.1. The van der Waals surface area contributed by atoms with E-state index in [1.807, 2.05) is 32.0 Å². The summed E-state index contributed by atoms with van der Waals surface area (Å²) < 4.78 is 11.2. The van der Waals surface area contributed by atoms with Gasteiger partial charge in [0.1, 0.15) is 0 Å². The fourth-order valence-electron chi connectivity index (χ4n) is 2.42. The molecule has 1 aliphatic rings. The topological polar surface area (TPSA) is 35.5 Å². The fraction of sp³-hybridized carbons (Fsp3) is 0.562. The average Bonchev–Trinajstić information content (AvgIpc) is 2.41. The number of hydrogen-bond donors (Lipinski definition) is 0. The molecule has 0 atom stereocenters. The molecule has 0 bridgehead atoms. The summed E-state index contributed by atoms with van der Waals surface area (Å²) in [6.07, 6.45) is 5.46. The second-order valence-electron chi connectivity index (χ2n) is 5.37. The van der Waals surface area contributed by atoms with Crippen LogP contribution < -0.4 is 9.47 Å². The molecule has 0 aliphatic heterocycles. The zero-order chi connectivity index (χ0) is 13.7. The molecular formula is C16H22O3. The quantitative estimate of drug-likeness (QED) is 0.608. The number of hydrogen-bond acceptors (Lipinski definition) is 3. The third kappa shape index (κ3) is 3.98. The van der Waals surface area contributed by atoms with Crippen LogP contribution in [-0.4, -0.2) is 12.1 Å². The number of rotatable bonds is 4. The SMILES string of the molecule is CC(C)Oc1ccccc1OC(=O)C1CCCCC1. The van der Waals surface area contributed by atoms with E-state index >= 15 is 0 Å². The molecule has 19 heavy (non-hydrogen) atoms. The highest BCUT2D eigenvalue weighted by Gasteiger charge is 2.23. The highest BCUT2D eigenvalue weighted by Crippen LogP contribution is 2.30. The molecule has 3 nitrogen and oxygen atoms in total. The van der Waals surface area contributed by atoms with E-state index in [1.54, 1.807) is 6.07 Å². The van der Waals surface area contributed by atoms with Crippen molar-refractivity contribution in [3.05, 3.63) is 24.3 Å². The fourth-order valence-corrected chi connectivity index (χ4v) is 2.42. The Labute approximate surface area is 114 Å². The van der Waals surface area contributed by atoms with Gasteiger partial charge >= 0.3 is 5.97 Å². The van der Waals surface area contributed by atoms with Crippen molar-refractivity contribution in [1.82, 2.24) is 0 Å². The van der Waals surface area contributed by atoms with Crippen molar-refractivity contribution in [2.75, 3.05) is 0 Å². The summed E-state index contributed by atoms with van der Waals surface area (Å²) in [7, 11) is 0. The van der Waals surface area contributed by atoms with Crippen molar-refractivity contribution in [2.24, 2.45) is 5.92 Å². The molecule has 1 aliphatic carbocycles. The Hall–Kier alpha value is -1.51. The van der Waals surface area contributed by atoms with Gasteiger partial charge in [-0.1, -0.05) is 31.4 Å². The first-order valence-electron chi connectivity index (χ1n) is 7.14. The van der Waals surface area contributed by atoms with E-state index in [4.69, 9.17) is 9.47 Å². The lowest BCUT2D eigenvalue weighted by atomic mass is 9.89. The maximum atomic E-state index is 12.1. The Kier molecular flexibility index (Phi) is 4.83. The summed E-state index contributed by atoms with van der Waals surface area (Å²) in [6, 6.07) is 7.37. The van der Waals surface area contributed by atoms with E-state index < -0.39 is 0 Å². The van der Waals surface area contributed by atoms with Crippen LogP contribution >= 0.6 is 0 Å². The van der Waals surface area contributed by atoms with Crippen LogP contribution in [0.4, 0.5) is 0 Å². The standard InChI is InChI=1S/C16H22O3/c1-12(2)18-14-10-6-7-11-15(14)19-16(17)13-8-4-3-5-9-13/h6-7,10-13H,3-5,8-9H2,1-2H3. The highest BCUT2D eigenvalue weighted by molar-refractivity contribution is 5.76. The van der Waals surface area contributed by atoms with E-state index in [2.05, 4.69) is 0 Å². The van der Waals surface area contributed by atoms with E-state index in [-0.39, 0.29) is 18.0 Å². The van der Waals surface area contributed by atoms with Gasteiger partial charge in [-0.25, -0.2) is 0 Å². The summed E-state index contributed by atoms with van der Waals surface area (Å²) >= 11 is 0. The Balaban J connectivity index is 2.03. The largest absolute Gasteiger partial charge is 0.487 e. The minimum Gasteiger partial charge on any atom is -0.487 e. The number of carbonyl (C=O) groups excluding carboxylic acids is 1. The van der Waals surface area contributed by atoms with Crippen LogP contribution in [0.5, 0.6) is 11.5 Å². The Morgan fingerprint density at radius 2 is 1.74 bits per heavy atom. The molecule has 1 fully saturated rings. The van der Waals surface area contributed by atoms with Crippen LogP contribution in [0.15, 0.2) is 24.3 Å². The monoisotopic (exact) mass is 262 g/mol. The van der Waals surface area contributed by atoms with Gasteiger partial charge in [-0.05, 0) is 38.8 Å². The lowest BCUT2D eigenvalue weighted by molar-refractivity contribution is -0.140. The van der Waals surface area contributed by atoms with Crippen LogP contribution in [0.2, 0.25) is 0 Å². The predicted molar refractivity (Wildman–Crippen MR) is 74.4 cm³/mol. The molecule has 0 amide bonds. The van der Waals surface area contributed by atoms with Gasteiger partial charge in [-0.15, -0.1) is 0 Å². The van der Waals surface area contributed by atoms with Gasteiger partial charge in [-0.3, -0.25) is 4.79 Å². The minimum absolute atomic E-state index is 0.0563. The molecule has 1 aromatic carbocycles. The summed E-state index contributed by atoms with van der Waals surface area (Å²) in [5.41, 5.74) is 0. The molecule has 0 spiro atoms. The molecule has 1 aromatic rings. The zero-order valence-electron chi connectivity index (χ0n) is 11.7. The lowest BCUT2D eigenvalue weighted by Gasteiger charge is -2.21. The normalized spacial score (nSPS) is 16.4. The molecule has 0 heterocycles. The summed E-state index contributed by atoms with van der Waals surface area (Å²) in [5, 5.41) is 0. The van der Waals surface area contributed by atoms with Crippen molar-refractivity contribution >= 4 is 5.97 Å². The second-order valence-corrected chi connectivity index (χ2v) is 5.37. The number of esters is 1. The van der Waals surface area contributed by atoms with E-state index in [9.17, 15) is 4.79 Å². The van der Waals surface area contributed by atoms with Crippen LogP contribution in [0.25, 0.3) is 0 Å². The predicted octanol–water partition coefficient (Wildman–Crippen LogP) is 3.96. The molecule has 2 rings (SSSR count). The van der Waals surface area contributed by atoms with Crippen molar-refractivity contribution in [2.45, 2.75) is 52.1 Å². The highest BCUT2D eigenvalue weighted by atomic mass is 16.6. The zero-order valence-corrected chi connectivity index (χ0v) is 11.7. The molecule has 3 heteroatoms. The van der Waals surface area contributed by atoms with E-state index in [0.29, 0.717) is 11.5 Å². The molecule has 104 valence electrons. The first kappa shape index (κ1) is 13.9. The minimum atomic E-state index is -0.112. The molecule has 1 saturated carbocycles. The van der Waals surface area contributed by atoms with Gasteiger partial charge in [-0.2, -0.15) is 0 Å². The van der Waals surface area contributed by atoms with Gasteiger partial charge < -0.3 is 9.47 Å². The van der Waals surface area contributed by atoms with Crippen LogP contribution in [0.3, 0.4) is 0 Å². The number of para-hydroxylation sites is 2. The molecule has 0 saturated heterocycles. The van der Waals surface area contributed by atoms with Crippen molar-refractivity contribution in [3.63, 3.8) is 0 Å². The number of ether oxygens (including phenoxy) is 2. The third-order valence-electron chi connectivity index (χ3n) is 3.36. The Bertz CT molecular complexity index is 420. The first-order chi connectivity index (χ1) is 9.16. The Morgan fingerprint density at radius 3 is 2.37 bits per heavy atom. The Morgan fingerprint density at radius 1 is 1.11 bits per heavy atom. The van der Waals surface area contributed by atoms with Gasteiger partial charge in [0.2, 0.25) is 0 Å². The maximum absolute atomic E-state index is 12.1. The van der Waals surface area contributed by atoms with Crippen molar-refractivity contribution < 1.29 is 14.3 Å². The smallest absolute Gasteiger partial charge is 0.314 e. The molecule has 0 N–H and O–H groups in total. The van der Waals surface area contributed by atoms with Crippen molar-refractivity contribution in [3.8, 4) is 11.5 Å². The lowest BCUT2D eigenvalue weighted by Crippen LogP contribution is -2.23. The molecular weight excluding hydrogens is 240 g/mol. The summed E-state index contributed by atoms with van der Waals surface area (Å²) in [5.74, 6) is 1.12. The molecule has 0 aromatic heterocycles. The van der Waals surface area contributed by atoms with E-state index in [0.717, 1.165) is 25.7 Å². The second kappa shape index (κ2) is 6.60. The van der Waals surface area contributed by atoms with Gasteiger partial charge in [0.25, 0.3) is 0 Å². The number of carbonyl (C=O) groups is 1. The number of benzene rings is 1. The van der Waals surface area contributed by atoms with Crippen molar-refractivity contribution in [1.29, 1.82) is 0 Å². The molecule has 0 unspecified atom stereocenters. The summed E-state index contributed by atoms with van der Waals surface area (Å²) in [6.45, 7) is 3.92. The van der Waals surface area contributed by atoms with Gasteiger partial charge in [0.15, 0.2) is 11.5 Å². The van der Waals surface area contributed by atoms with Gasteiger partial charge in [0.05, 0.1) is 12.0 Å². The first-order valence-corrected chi connectivity index (χ1v) is 7.14. The third-order valence-corrected chi connectivity index (χ3v) is 3.36. The van der Waals surface area contributed by atoms with E-state index in [1.165, 1.54) is 6.42 Å². The van der Waals surface area contributed by atoms with Crippen LogP contribution in [0, 0.1) is 5.92 Å². The maximum Gasteiger partial charge on any atom is 0.314 e.